The second kappa shape index (κ2) is 19.2. The second-order valence-electron chi connectivity index (χ2n) is 26.9. The standard InChI is InChI=1S/C76H78BN2/c1-49(2)51-43-68-71-69(44-51)79(65-39-35-55(72(3,4)5)45-60(65)59-32-24-23-31-58(59)50-25-17-14-18-26-50)67-48-64-63(73(6,7)41-42-74(64,8)9)47-62(67)70(77-71)61-46-56(76(12,13)53-29-21-16-22-30-53)36-40-66(61)78(68)57-37-33-54(34-38-57)75(10,11)52-27-19-15-20-28-52/h14-40,43-49,70H,41-42H2,1-13H3. The predicted octanol–water partition coefficient (Wildman–Crippen LogP) is 20.1. The van der Waals surface area contributed by atoms with Crippen molar-refractivity contribution in [1.29, 1.82) is 0 Å². The highest BCUT2D eigenvalue weighted by Gasteiger charge is 2.44. The fourth-order valence-electron chi connectivity index (χ4n) is 13.4. The van der Waals surface area contributed by atoms with Crippen LogP contribution in [0.3, 0.4) is 0 Å². The van der Waals surface area contributed by atoms with Gasteiger partial charge in [0.1, 0.15) is 0 Å². The number of rotatable bonds is 9. The highest BCUT2D eigenvalue weighted by atomic mass is 15.2. The van der Waals surface area contributed by atoms with Gasteiger partial charge in [-0.05, 0) is 167 Å². The van der Waals surface area contributed by atoms with E-state index in [4.69, 9.17) is 0 Å². The van der Waals surface area contributed by atoms with E-state index in [1.807, 2.05) is 0 Å². The maximum atomic E-state index is 2.73. The first kappa shape index (κ1) is 52.3. The Labute approximate surface area is 473 Å². The van der Waals surface area contributed by atoms with Gasteiger partial charge in [-0.3, -0.25) is 0 Å². The van der Waals surface area contributed by atoms with Crippen LogP contribution in [0.15, 0.2) is 200 Å². The van der Waals surface area contributed by atoms with Crippen molar-refractivity contribution in [2.45, 2.75) is 142 Å². The smallest absolute Gasteiger partial charge is 0.172 e. The fraction of sp³-hybridized carbons (Fsp3) is 0.289. The molecule has 3 aliphatic rings. The quantitative estimate of drug-likeness (QED) is 0.133. The average Bonchev–Trinajstić information content (AvgIpc) is 3.74. The molecule has 395 valence electrons. The third-order valence-corrected chi connectivity index (χ3v) is 18.8. The van der Waals surface area contributed by atoms with Crippen LogP contribution >= 0.6 is 0 Å². The summed E-state index contributed by atoms with van der Waals surface area (Å²) in [6, 6.07) is 77.0. The van der Waals surface area contributed by atoms with E-state index < -0.39 is 0 Å². The first-order valence-electron chi connectivity index (χ1n) is 29.1. The van der Waals surface area contributed by atoms with E-state index in [9.17, 15) is 0 Å². The number of hydrogen-bond acceptors (Lipinski definition) is 2. The molecule has 1 radical (unpaired) electrons. The largest absolute Gasteiger partial charge is 0.311 e. The summed E-state index contributed by atoms with van der Waals surface area (Å²) in [6.45, 7) is 31.2. The van der Waals surface area contributed by atoms with Gasteiger partial charge < -0.3 is 9.80 Å². The maximum absolute atomic E-state index is 2.73. The minimum absolute atomic E-state index is 0.0139. The Morgan fingerprint density at radius 1 is 0.418 bits per heavy atom. The lowest BCUT2D eigenvalue weighted by atomic mass is 9.53. The molecular formula is C76H78BN2. The van der Waals surface area contributed by atoms with Crippen molar-refractivity contribution in [3.8, 4) is 22.3 Å². The average molecular weight is 1030 g/mol. The Bertz CT molecular complexity index is 3760. The van der Waals surface area contributed by atoms with E-state index in [2.05, 4.69) is 307 Å². The van der Waals surface area contributed by atoms with E-state index in [0.29, 0.717) is 0 Å². The highest BCUT2D eigenvalue weighted by molar-refractivity contribution is 6.61. The lowest BCUT2D eigenvalue weighted by Gasteiger charge is -2.44. The molecule has 1 aliphatic carbocycles. The van der Waals surface area contributed by atoms with Crippen LogP contribution in [0.2, 0.25) is 0 Å². The number of hydrogen-bond donors (Lipinski definition) is 0. The lowest BCUT2D eigenvalue weighted by Crippen LogP contribution is -2.34. The van der Waals surface area contributed by atoms with Crippen LogP contribution in [0, 0.1) is 0 Å². The molecule has 9 aromatic rings. The van der Waals surface area contributed by atoms with Gasteiger partial charge in [-0.2, -0.15) is 0 Å². The SMILES string of the molecule is CC(C)c1cc2c3c(c1)N(c1ccc(C(C)(C)C)cc1-c1ccccc1-c1ccccc1)c1cc4c(cc1C([B]3)c1cc(C(C)(C)c3ccccc3)ccc1N2c1ccc(C(C)(C)c2ccccc2)cc1)C(C)(C)CCC4(C)C. The third kappa shape index (κ3) is 8.97. The van der Waals surface area contributed by atoms with Gasteiger partial charge in [0.05, 0.1) is 5.69 Å². The molecule has 2 aliphatic heterocycles. The summed E-state index contributed by atoms with van der Waals surface area (Å²) < 4.78 is 0. The van der Waals surface area contributed by atoms with Crippen molar-refractivity contribution >= 4 is 46.9 Å². The van der Waals surface area contributed by atoms with Gasteiger partial charge in [-0.25, -0.2) is 0 Å². The Hall–Kier alpha value is -7.36. The van der Waals surface area contributed by atoms with Crippen molar-refractivity contribution in [1.82, 2.24) is 0 Å². The zero-order valence-corrected chi connectivity index (χ0v) is 49.1. The summed E-state index contributed by atoms with van der Waals surface area (Å²) in [5, 5.41) is 0. The molecule has 0 saturated heterocycles. The topological polar surface area (TPSA) is 6.48 Å². The monoisotopic (exact) mass is 1030 g/mol. The van der Waals surface area contributed by atoms with Gasteiger partial charge >= 0.3 is 0 Å². The van der Waals surface area contributed by atoms with Crippen LogP contribution < -0.4 is 15.3 Å². The van der Waals surface area contributed by atoms with Crippen LogP contribution in [-0.2, 0) is 27.1 Å². The zero-order valence-electron chi connectivity index (χ0n) is 49.1. The molecule has 0 fully saturated rings. The molecule has 0 saturated carbocycles. The molecule has 79 heavy (non-hydrogen) atoms. The van der Waals surface area contributed by atoms with E-state index in [-0.39, 0.29) is 38.8 Å². The fourth-order valence-corrected chi connectivity index (χ4v) is 13.4. The summed E-state index contributed by atoms with van der Waals surface area (Å²) in [7, 11) is 2.67. The van der Waals surface area contributed by atoms with Crippen molar-refractivity contribution < 1.29 is 0 Å². The van der Waals surface area contributed by atoms with E-state index >= 15 is 0 Å². The van der Waals surface area contributed by atoms with Crippen LogP contribution in [0.25, 0.3) is 22.3 Å². The molecule has 2 nitrogen and oxygen atoms in total. The Balaban J connectivity index is 1.21. The molecule has 0 N–H and O–H groups in total. The van der Waals surface area contributed by atoms with Crippen LogP contribution in [-0.4, -0.2) is 7.28 Å². The number of fused-ring (bicyclic) bond motifs is 6. The normalized spacial score (nSPS) is 16.3. The molecule has 1 unspecified atom stereocenters. The lowest BCUT2D eigenvalue weighted by molar-refractivity contribution is 0.331. The Kier molecular flexibility index (Phi) is 12.7. The van der Waals surface area contributed by atoms with Crippen molar-refractivity contribution in [2.75, 3.05) is 9.80 Å². The summed E-state index contributed by atoms with van der Waals surface area (Å²) in [5.41, 5.74) is 26.2. The number of benzene rings is 9. The molecule has 9 aromatic carbocycles. The third-order valence-electron chi connectivity index (χ3n) is 18.8. The van der Waals surface area contributed by atoms with Crippen LogP contribution in [0.5, 0.6) is 0 Å². The molecule has 2 heterocycles. The highest BCUT2D eigenvalue weighted by Crippen LogP contribution is 2.57. The second-order valence-corrected chi connectivity index (χ2v) is 26.9. The zero-order chi connectivity index (χ0) is 55.4. The summed E-state index contributed by atoms with van der Waals surface area (Å²) in [6.07, 6.45) is 2.27. The molecule has 12 rings (SSSR count). The summed E-state index contributed by atoms with van der Waals surface area (Å²) >= 11 is 0. The molecule has 2 bridgehead atoms. The molecular weight excluding hydrogens is 952 g/mol. The van der Waals surface area contributed by atoms with E-state index in [1.54, 1.807) is 0 Å². The maximum Gasteiger partial charge on any atom is 0.172 e. The Morgan fingerprint density at radius 3 is 1.49 bits per heavy atom. The number of nitrogens with zero attached hydrogens (tertiary/aromatic N) is 2. The van der Waals surface area contributed by atoms with Crippen molar-refractivity contribution in [2.24, 2.45) is 0 Å². The molecule has 3 heteroatoms. The van der Waals surface area contributed by atoms with Crippen molar-refractivity contribution in [3.05, 3.63) is 256 Å². The van der Waals surface area contributed by atoms with Gasteiger partial charge in [-0.15, -0.1) is 0 Å². The van der Waals surface area contributed by atoms with E-state index in [1.165, 1.54) is 112 Å². The van der Waals surface area contributed by atoms with Gasteiger partial charge in [0.15, 0.2) is 7.28 Å². The molecule has 0 aromatic heterocycles. The van der Waals surface area contributed by atoms with Gasteiger partial charge in [0, 0.05) is 44.8 Å². The first-order chi connectivity index (χ1) is 37.6. The minimum atomic E-state index is -0.266. The predicted molar refractivity (Wildman–Crippen MR) is 339 cm³/mol. The van der Waals surface area contributed by atoms with Gasteiger partial charge in [0.2, 0.25) is 0 Å². The molecule has 0 amide bonds. The summed E-state index contributed by atoms with van der Waals surface area (Å²) in [5.74, 6) is 0.157. The Morgan fingerprint density at radius 2 is 0.899 bits per heavy atom. The first-order valence-corrected chi connectivity index (χ1v) is 29.1. The van der Waals surface area contributed by atoms with Crippen molar-refractivity contribution in [3.63, 3.8) is 0 Å². The molecule has 0 spiro atoms. The van der Waals surface area contributed by atoms with Crippen LogP contribution in [0.1, 0.15) is 170 Å². The molecule has 1 atom stereocenters. The number of anilines is 6. The van der Waals surface area contributed by atoms with Gasteiger partial charge in [-0.1, -0.05) is 242 Å². The minimum Gasteiger partial charge on any atom is -0.311 e. The van der Waals surface area contributed by atoms with E-state index in [0.717, 1.165) is 18.5 Å². The summed E-state index contributed by atoms with van der Waals surface area (Å²) in [4.78, 5) is 5.35. The van der Waals surface area contributed by atoms with Gasteiger partial charge in [0.25, 0.3) is 0 Å². The van der Waals surface area contributed by atoms with Crippen LogP contribution in [0.4, 0.5) is 34.1 Å².